The molecule has 3 aromatic carbocycles. The van der Waals surface area contributed by atoms with E-state index in [1.54, 1.807) is 37.3 Å². The number of nitriles is 1. The molecule has 0 atom stereocenters. The molecule has 0 heterocycles. The molecule has 3 rings (SSSR count). The standard InChI is InChI=1S/C25H20N4O7/c1-2-35-24-13-17(9-10-23(24)36-16-18-5-3-7-21(12-18)28(31)32)11-19(15-26)25(30)27-20-6-4-8-22(14-20)29(33)34/h3-14H,2,16H2,1H3,(H,27,30)/b19-11+. The summed E-state index contributed by atoms with van der Waals surface area (Å²) in [6.07, 6.45) is 1.35. The fourth-order valence-electron chi connectivity index (χ4n) is 3.13. The van der Waals surface area contributed by atoms with Gasteiger partial charge in [-0.05, 0) is 42.3 Å². The van der Waals surface area contributed by atoms with Gasteiger partial charge in [-0.3, -0.25) is 25.0 Å². The minimum absolute atomic E-state index is 0.0472. The summed E-state index contributed by atoms with van der Waals surface area (Å²) in [6.45, 7) is 2.16. The van der Waals surface area contributed by atoms with E-state index in [0.29, 0.717) is 29.2 Å². The summed E-state index contributed by atoms with van der Waals surface area (Å²) >= 11 is 0. The Kier molecular flexibility index (Phi) is 8.29. The number of hydrogen-bond acceptors (Lipinski definition) is 8. The van der Waals surface area contributed by atoms with Crippen LogP contribution in [0.4, 0.5) is 17.1 Å². The average molecular weight is 488 g/mol. The van der Waals surface area contributed by atoms with Gasteiger partial charge >= 0.3 is 0 Å². The molecule has 11 nitrogen and oxygen atoms in total. The maximum atomic E-state index is 12.6. The largest absolute Gasteiger partial charge is 0.490 e. The Bertz CT molecular complexity index is 1380. The fourth-order valence-corrected chi connectivity index (χ4v) is 3.13. The van der Waals surface area contributed by atoms with Crippen LogP contribution >= 0.6 is 0 Å². The van der Waals surface area contributed by atoms with Gasteiger partial charge in [0, 0.05) is 30.0 Å². The van der Waals surface area contributed by atoms with Crippen LogP contribution in [0.15, 0.2) is 72.3 Å². The molecule has 0 aromatic heterocycles. The molecule has 0 aliphatic heterocycles. The quantitative estimate of drug-likeness (QED) is 0.180. The first-order chi connectivity index (χ1) is 17.3. The summed E-state index contributed by atoms with van der Waals surface area (Å²) in [5.41, 5.74) is 0.781. The van der Waals surface area contributed by atoms with Crippen LogP contribution in [-0.4, -0.2) is 22.4 Å². The summed E-state index contributed by atoms with van der Waals surface area (Å²) in [6, 6.07) is 18.1. The van der Waals surface area contributed by atoms with Crippen LogP contribution in [0.1, 0.15) is 18.1 Å². The second kappa shape index (κ2) is 11.8. The van der Waals surface area contributed by atoms with Crippen LogP contribution in [0.25, 0.3) is 6.08 Å². The number of carbonyl (C=O) groups excluding carboxylic acids is 1. The first-order valence-corrected chi connectivity index (χ1v) is 10.6. The number of anilines is 1. The molecule has 0 radical (unpaired) electrons. The Morgan fingerprint density at radius 3 is 2.33 bits per heavy atom. The zero-order chi connectivity index (χ0) is 26.1. The van der Waals surface area contributed by atoms with Crippen LogP contribution in [0.3, 0.4) is 0 Å². The van der Waals surface area contributed by atoms with Gasteiger partial charge in [-0.1, -0.05) is 24.3 Å². The number of rotatable bonds is 10. The number of amides is 1. The maximum Gasteiger partial charge on any atom is 0.271 e. The van der Waals surface area contributed by atoms with E-state index in [-0.39, 0.29) is 29.2 Å². The van der Waals surface area contributed by atoms with Gasteiger partial charge in [-0.2, -0.15) is 5.26 Å². The molecule has 1 amide bonds. The number of carbonyl (C=O) groups is 1. The maximum absolute atomic E-state index is 12.6. The van der Waals surface area contributed by atoms with E-state index in [1.807, 2.05) is 6.07 Å². The van der Waals surface area contributed by atoms with Crippen molar-refractivity contribution in [2.45, 2.75) is 13.5 Å². The lowest BCUT2D eigenvalue weighted by Crippen LogP contribution is -2.13. The third kappa shape index (κ3) is 6.64. The lowest BCUT2D eigenvalue weighted by atomic mass is 10.1. The van der Waals surface area contributed by atoms with Gasteiger partial charge in [0.05, 0.1) is 16.5 Å². The second-order valence-electron chi connectivity index (χ2n) is 7.29. The highest BCUT2D eigenvalue weighted by Crippen LogP contribution is 2.30. The van der Waals surface area contributed by atoms with E-state index >= 15 is 0 Å². The Balaban J connectivity index is 1.79. The number of benzene rings is 3. The predicted octanol–water partition coefficient (Wildman–Crippen LogP) is 5.03. The van der Waals surface area contributed by atoms with Gasteiger partial charge in [0.1, 0.15) is 18.2 Å². The molecule has 3 aromatic rings. The van der Waals surface area contributed by atoms with Crippen LogP contribution in [-0.2, 0) is 11.4 Å². The van der Waals surface area contributed by atoms with Crippen LogP contribution in [0.5, 0.6) is 11.5 Å². The van der Waals surface area contributed by atoms with Crippen molar-refractivity contribution < 1.29 is 24.1 Å². The third-order valence-corrected chi connectivity index (χ3v) is 4.77. The molecular weight excluding hydrogens is 468 g/mol. The molecule has 0 unspecified atom stereocenters. The normalized spacial score (nSPS) is 10.7. The number of nitro benzene ring substituents is 2. The molecule has 0 aliphatic rings. The molecular formula is C25H20N4O7. The van der Waals surface area contributed by atoms with Crippen molar-refractivity contribution in [3.63, 3.8) is 0 Å². The third-order valence-electron chi connectivity index (χ3n) is 4.77. The van der Waals surface area contributed by atoms with E-state index in [1.165, 1.54) is 42.5 Å². The smallest absolute Gasteiger partial charge is 0.271 e. The van der Waals surface area contributed by atoms with Gasteiger partial charge in [0.15, 0.2) is 11.5 Å². The average Bonchev–Trinajstić information content (AvgIpc) is 2.87. The van der Waals surface area contributed by atoms with Gasteiger partial charge < -0.3 is 14.8 Å². The summed E-state index contributed by atoms with van der Waals surface area (Å²) in [5.74, 6) is -0.00456. The predicted molar refractivity (Wildman–Crippen MR) is 130 cm³/mol. The van der Waals surface area contributed by atoms with Crippen molar-refractivity contribution >= 4 is 29.0 Å². The molecule has 0 bridgehead atoms. The molecule has 36 heavy (non-hydrogen) atoms. The van der Waals surface area contributed by atoms with E-state index in [9.17, 15) is 30.3 Å². The highest BCUT2D eigenvalue weighted by atomic mass is 16.6. The number of non-ortho nitro benzene ring substituents is 2. The van der Waals surface area contributed by atoms with Gasteiger partial charge in [0.2, 0.25) is 0 Å². The zero-order valence-electron chi connectivity index (χ0n) is 19.0. The zero-order valence-corrected chi connectivity index (χ0v) is 19.0. The Morgan fingerprint density at radius 2 is 1.67 bits per heavy atom. The van der Waals surface area contributed by atoms with E-state index < -0.39 is 15.8 Å². The minimum atomic E-state index is -0.734. The van der Waals surface area contributed by atoms with Gasteiger partial charge in [-0.15, -0.1) is 0 Å². The topological polar surface area (TPSA) is 158 Å². The lowest BCUT2D eigenvalue weighted by molar-refractivity contribution is -0.385. The monoisotopic (exact) mass is 488 g/mol. The number of ether oxygens (including phenoxy) is 2. The van der Waals surface area contributed by atoms with Crippen molar-refractivity contribution in [2.24, 2.45) is 0 Å². The van der Waals surface area contributed by atoms with Crippen LogP contribution < -0.4 is 14.8 Å². The number of nitrogens with zero attached hydrogens (tertiary/aromatic N) is 3. The molecule has 1 N–H and O–H groups in total. The summed E-state index contributed by atoms with van der Waals surface area (Å²) in [5, 5.41) is 33.9. The molecule has 0 aliphatic carbocycles. The number of nitro groups is 2. The van der Waals surface area contributed by atoms with Gasteiger partial charge in [-0.25, -0.2) is 0 Å². The highest BCUT2D eigenvalue weighted by molar-refractivity contribution is 6.09. The molecule has 0 spiro atoms. The fraction of sp³-hybridized carbons (Fsp3) is 0.120. The van der Waals surface area contributed by atoms with Crippen molar-refractivity contribution in [3.05, 3.63) is 104 Å². The van der Waals surface area contributed by atoms with Crippen LogP contribution in [0, 0.1) is 31.6 Å². The summed E-state index contributed by atoms with van der Waals surface area (Å²) in [4.78, 5) is 33.4. The first-order valence-electron chi connectivity index (χ1n) is 10.6. The van der Waals surface area contributed by atoms with E-state index in [4.69, 9.17) is 9.47 Å². The highest BCUT2D eigenvalue weighted by Gasteiger charge is 2.14. The SMILES string of the molecule is CCOc1cc(/C=C(\C#N)C(=O)Nc2cccc([N+](=O)[O-])c2)ccc1OCc1cccc([N+](=O)[O-])c1. The summed E-state index contributed by atoms with van der Waals surface area (Å²) < 4.78 is 11.4. The minimum Gasteiger partial charge on any atom is -0.490 e. The molecule has 0 fully saturated rings. The van der Waals surface area contributed by atoms with Crippen molar-refractivity contribution in [2.75, 3.05) is 11.9 Å². The number of hydrogen-bond donors (Lipinski definition) is 1. The molecule has 11 heteroatoms. The molecule has 0 saturated heterocycles. The lowest BCUT2D eigenvalue weighted by Gasteiger charge is -2.13. The first kappa shape index (κ1) is 25.4. The number of nitrogens with one attached hydrogen (secondary N) is 1. The summed E-state index contributed by atoms with van der Waals surface area (Å²) in [7, 11) is 0. The molecule has 0 saturated carbocycles. The van der Waals surface area contributed by atoms with Gasteiger partial charge in [0.25, 0.3) is 17.3 Å². The van der Waals surface area contributed by atoms with E-state index in [2.05, 4.69) is 5.32 Å². The Hall–Kier alpha value is -5.24. The molecule has 182 valence electrons. The Labute approximate surface area is 205 Å². The van der Waals surface area contributed by atoms with Crippen molar-refractivity contribution in [1.29, 1.82) is 5.26 Å². The second-order valence-corrected chi connectivity index (χ2v) is 7.29. The Morgan fingerprint density at radius 1 is 0.972 bits per heavy atom. The van der Waals surface area contributed by atoms with E-state index in [0.717, 1.165) is 0 Å². The van der Waals surface area contributed by atoms with Crippen molar-refractivity contribution in [1.82, 2.24) is 0 Å². The van der Waals surface area contributed by atoms with Crippen molar-refractivity contribution in [3.8, 4) is 17.6 Å². The van der Waals surface area contributed by atoms with Crippen LogP contribution in [0.2, 0.25) is 0 Å².